The highest BCUT2D eigenvalue weighted by atomic mass is 16.5. The van der Waals surface area contributed by atoms with Crippen LogP contribution in [0.1, 0.15) is 44.9 Å². The molecular formula is C13H28N2O. The highest BCUT2D eigenvalue weighted by molar-refractivity contribution is 4.94. The van der Waals surface area contributed by atoms with E-state index in [2.05, 4.69) is 5.32 Å². The zero-order valence-electron chi connectivity index (χ0n) is 10.8. The molecule has 0 aromatic rings. The quantitative estimate of drug-likeness (QED) is 0.531. The van der Waals surface area contributed by atoms with Crippen LogP contribution in [0.2, 0.25) is 0 Å². The van der Waals surface area contributed by atoms with Gasteiger partial charge < -0.3 is 15.8 Å². The van der Waals surface area contributed by atoms with Crippen molar-refractivity contribution < 1.29 is 4.74 Å². The molecule has 96 valence electrons. The molecule has 0 bridgehead atoms. The van der Waals surface area contributed by atoms with E-state index in [0.29, 0.717) is 5.41 Å². The number of ether oxygens (including phenoxy) is 1. The van der Waals surface area contributed by atoms with Crippen molar-refractivity contribution in [2.24, 2.45) is 11.1 Å². The van der Waals surface area contributed by atoms with Crippen LogP contribution in [0.4, 0.5) is 0 Å². The number of hydrogen-bond acceptors (Lipinski definition) is 3. The van der Waals surface area contributed by atoms with E-state index in [9.17, 15) is 0 Å². The molecule has 1 aliphatic carbocycles. The molecule has 3 N–H and O–H groups in total. The van der Waals surface area contributed by atoms with Gasteiger partial charge in [0.05, 0.1) is 0 Å². The molecule has 0 atom stereocenters. The molecule has 3 heteroatoms. The minimum atomic E-state index is 0.591. The summed E-state index contributed by atoms with van der Waals surface area (Å²) in [4.78, 5) is 0. The largest absolute Gasteiger partial charge is 0.385 e. The standard InChI is InChI=1S/C13H28N2O/c1-16-11-8-13(6-7-13)12-15-10-5-3-2-4-9-14/h15H,2-12,14H2,1H3. The van der Waals surface area contributed by atoms with Gasteiger partial charge in [0.15, 0.2) is 0 Å². The van der Waals surface area contributed by atoms with Crippen LogP contribution in [0.3, 0.4) is 0 Å². The predicted molar refractivity (Wildman–Crippen MR) is 68.6 cm³/mol. The van der Waals surface area contributed by atoms with Gasteiger partial charge in [-0.2, -0.15) is 0 Å². The van der Waals surface area contributed by atoms with E-state index in [1.54, 1.807) is 7.11 Å². The van der Waals surface area contributed by atoms with Crippen LogP contribution in [0, 0.1) is 5.41 Å². The first-order valence-electron chi connectivity index (χ1n) is 6.73. The highest BCUT2D eigenvalue weighted by Gasteiger charge is 2.41. The van der Waals surface area contributed by atoms with E-state index in [1.807, 2.05) is 0 Å². The summed E-state index contributed by atoms with van der Waals surface area (Å²) < 4.78 is 5.15. The van der Waals surface area contributed by atoms with Gasteiger partial charge in [-0.15, -0.1) is 0 Å². The molecule has 1 aliphatic rings. The molecule has 1 saturated carbocycles. The van der Waals surface area contributed by atoms with Crippen molar-refractivity contribution in [2.45, 2.75) is 44.9 Å². The van der Waals surface area contributed by atoms with E-state index in [-0.39, 0.29) is 0 Å². The van der Waals surface area contributed by atoms with E-state index in [0.717, 1.165) is 13.2 Å². The Kier molecular flexibility index (Phi) is 7.01. The summed E-state index contributed by atoms with van der Waals surface area (Å²) in [6, 6.07) is 0. The molecule has 0 amide bonds. The molecule has 1 fully saturated rings. The average Bonchev–Trinajstić information content (AvgIpc) is 3.06. The Morgan fingerprint density at radius 1 is 1.19 bits per heavy atom. The highest BCUT2D eigenvalue weighted by Crippen LogP contribution is 2.48. The number of rotatable bonds is 11. The van der Waals surface area contributed by atoms with Gasteiger partial charge in [0, 0.05) is 20.3 Å². The maximum absolute atomic E-state index is 5.45. The summed E-state index contributed by atoms with van der Waals surface area (Å²) >= 11 is 0. The van der Waals surface area contributed by atoms with Gasteiger partial charge in [0.2, 0.25) is 0 Å². The van der Waals surface area contributed by atoms with Crippen molar-refractivity contribution in [1.82, 2.24) is 5.32 Å². The van der Waals surface area contributed by atoms with Crippen molar-refractivity contribution in [2.75, 3.05) is 33.4 Å². The Bertz CT molecular complexity index is 169. The van der Waals surface area contributed by atoms with E-state index in [4.69, 9.17) is 10.5 Å². The molecule has 3 nitrogen and oxygen atoms in total. The Balaban J connectivity index is 1.87. The molecule has 0 aromatic heterocycles. The molecule has 0 radical (unpaired) electrons. The van der Waals surface area contributed by atoms with Crippen LogP contribution in [0.5, 0.6) is 0 Å². The van der Waals surface area contributed by atoms with Gasteiger partial charge >= 0.3 is 0 Å². The van der Waals surface area contributed by atoms with Crippen LogP contribution in [0.25, 0.3) is 0 Å². The number of nitrogens with two attached hydrogens (primary N) is 1. The van der Waals surface area contributed by atoms with Crippen molar-refractivity contribution >= 4 is 0 Å². The fourth-order valence-electron chi connectivity index (χ4n) is 2.11. The molecule has 0 spiro atoms. The molecule has 0 aliphatic heterocycles. The number of unbranched alkanes of at least 4 members (excludes halogenated alkanes) is 3. The van der Waals surface area contributed by atoms with Crippen LogP contribution >= 0.6 is 0 Å². The first-order chi connectivity index (χ1) is 7.83. The normalized spacial score (nSPS) is 17.6. The van der Waals surface area contributed by atoms with Crippen molar-refractivity contribution in [1.29, 1.82) is 0 Å². The number of hydrogen-bond donors (Lipinski definition) is 2. The SMILES string of the molecule is COCCC1(CNCCCCCCN)CC1. The lowest BCUT2D eigenvalue weighted by Gasteiger charge is -2.15. The van der Waals surface area contributed by atoms with E-state index in [1.165, 1.54) is 58.0 Å². The summed E-state index contributed by atoms with van der Waals surface area (Å²) in [5, 5.41) is 3.59. The van der Waals surface area contributed by atoms with Crippen molar-refractivity contribution in [3.05, 3.63) is 0 Å². The Labute approximate surface area is 100 Å². The fraction of sp³-hybridized carbons (Fsp3) is 1.00. The average molecular weight is 228 g/mol. The number of methoxy groups -OCH3 is 1. The van der Waals surface area contributed by atoms with Crippen LogP contribution in [0.15, 0.2) is 0 Å². The summed E-state index contributed by atoms with van der Waals surface area (Å²) in [5.74, 6) is 0. The second-order valence-electron chi connectivity index (χ2n) is 5.12. The Morgan fingerprint density at radius 3 is 2.56 bits per heavy atom. The third-order valence-electron chi connectivity index (χ3n) is 3.60. The van der Waals surface area contributed by atoms with Gasteiger partial charge in [0.25, 0.3) is 0 Å². The fourth-order valence-corrected chi connectivity index (χ4v) is 2.11. The minimum absolute atomic E-state index is 0.591. The summed E-state index contributed by atoms with van der Waals surface area (Å²) in [6.07, 6.45) is 9.07. The van der Waals surface area contributed by atoms with Crippen LogP contribution in [-0.4, -0.2) is 33.4 Å². The first kappa shape index (κ1) is 13.9. The monoisotopic (exact) mass is 228 g/mol. The third-order valence-corrected chi connectivity index (χ3v) is 3.60. The maximum atomic E-state index is 5.45. The summed E-state index contributed by atoms with van der Waals surface area (Å²) in [5.41, 5.74) is 6.04. The van der Waals surface area contributed by atoms with Crippen molar-refractivity contribution in [3.63, 3.8) is 0 Å². The second kappa shape index (κ2) is 8.04. The lowest BCUT2D eigenvalue weighted by Crippen LogP contribution is -2.25. The minimum Gasteiger partial charge on any atom is -0.385 e. The van der Waals surface area contributed by atoms with Gasteiger partial charge in [-0.25, -0.2) is 0 Å². The number of nitrogens with one attached hydrogen (secondary N) is 1. The molecule has 16 heavy (non-hydrogen) atoms. The van der Waals surface area contributed by atoms with Gasteiger partial charge in [0.1, 0.15) is 0 Å². The van der Waals surface area contributed by atoms with Crippen LogP contribution < -0.4 is 11.1 Å². The zero-order valence-corrected chi connectivity index (χ0v) is 10.8. The molecular weight excluding hydrogens is 200 g/mol. The maximum Gasteiger partial charge on any atom is 0.0468 e. The molecule has 0 heterocycles. The predicted octanol–water partition coefficient (Wildman–Crippen LogP) is 1.91. The smallest absolute Gasteiger partial charge is 0.0468 e. The van der Waals surface area contributed by atoms with E-state index >= 15 is 0 Å². The molecule has 0 unspecified atom stereocenters. The van der Waals surface area contributed by atoms with Crippen molar-refractivity contribution in [3.8, 4) is 0 Å². The summed E-state index contributed by atoms with van der Waals surface area (Å²) in [7, 11) is 1.79. The molecule has 1 rings (SSSR count). The van der Waals surface area contributed by atoms with Gasteiger partial charge in [-0.1, -0.05) is 12.8 Å². The lowest BCUT2D eigenvalue weighted by atomic mass is 10.0. The molecule has 0 aromatic carbocycles. The third kappa shape index (κ3) is 5.83. The molecule has 0 saturated heterocycles. The van der Waals surface area contributed by atoms with Crippen LogP contribution in [-0.2, 0) is 4.74 Å². The van der Waals surface area contributed by atoms with E-state index < -0.39 is 0 Å². The second-order valence-corrected chi connectivity index (χ2v) is 5.12. The first-order valence-corrected chi connectivity index (χ1v) is 6.73. The van der Waals surface area contributed by atoms with Gasteiger partial charge in [-0.05, 0) is 50.6 Å². The lowest BCUT2D eigenvalue weighted by molar-refractivity contribution is 0.171. The summed E-state index contributed by atoms with van der Waals surface area (Å²) in [6.45, 7) is 4.11. The van der Waals surface area contributed by atoms with Gasteiger partial charge in [-0.3, -0.25) is 0 Å². The Hall–Kier alpha value is -0.120. The topological polar surface area (TPSA) is 47.3 Å². The Morgan fingerprint density at radius 2 is 1.94 bits per heavy atom. The zero-order chi connectivity index (χ0) is 11.7.